The molecule has 2 aromatic heterocycles. The Morgan fingerprint density at radius 1 is 1.60 bits per heavy atom. The van der Waals surface area contributed by atoms with E-state index in [-0.39, 0.29) is 11.9 Å². The zero-order valence-corrected chi connectivity index (χ0v) is 12.7. The number of carbonyl (C=O) groups excluding carboxylic acids is 1. The molecule has 0 aromatic carbocycles. The number of thiazole rings is 1. The number of rotatable bonds is 5. The fraction of sp³-hybridized carbons (Fsp3) is 0.462. The van der Waals surface area contributed by atoms with Crippen molar-refractivity contribution in [2.45, 2.75) is 26.3 Å². The molecule has 0 fully saturated rings. The lowest BCUT2D eigenvalue weighted by Crippen LogP contribution is -2.27. The lowest BCUT2D eigenvalue weighted by Gasteiger charge is -2.11. The minimum Gasteiger partial charge on any atom is -0.344 e. The number of hydrogen-bond acceptors (Lipinski definition) is 5. The minimum absolute atomic E-state index is 0.101. The molecule has 0 radical (unpaired) electrons. The monoisotopic (exact) mass is 293 g/mol. The number of aromatic nitrogens is 3. The fourth-order valence-corrected chi connectivity index (χ4v) is 2.84. The van der Waals surface area contributed by atoms with E-state index in [0.29, 0.717) is 18.7 Å². The normalized spacial score (nSPS) is 12.4. The van der Waals surface area contributed by atoms with Crippen LogP contribution in [-0.2, 0) is 13.5 Å². The molecule has 7 heteroatoms. The largest absolute Gasteiger partial charge is 0.344 e. The van der Waals surface area contributed by atoms with E-state index in [2.05, 4.69) is 15.4 Å². The van der Waals surface area contributed by atoms with Crippen LogP contribution in [0.25, 0.3) is 0 Å². The van der Waals surface area contributed by atoms with Crippen molar-refractivity contribution in [3.8, 4) is 0 Å². The van der Waals surface area contributed by atoms with Crippen LogP contribution in [0, 0.1) is 6.92 Å². The van der Waals surface area contributed by atoms with Gasteiger partial charge in [-0.2, -0.15) is 5.10 Å². The molecule has 20 heavy (non-hydrogen) atoms. The van der Waals surface area contributed by atoms with Gasteiger partial charge in [0, 0.05) is 30.6 Å². The molecule has 0 aliphatic heterocycles. The summed E-state index contributed by atoms with van der Waals surface area (Å²) in [5.41, 5.74) is 7.86. The average molecular weight is 293 g/mol. The molecule has 6 nitrogen and oxygen atoms in total. The smallest absolute Gasteiger partial charge is 0.271 e. The lowest BCUT2D eigenvalue weighted by molar-refractivity contribution is 0.0935. The molecule has 1 atom stereocenters. The quantitative estimate of drug-likeness (QED) is 0.866. The van der Waals surface area contributed by atoms with E-state index in [1.54, 1.807) is 10.1 Å². The highest BCUT2D eigenvalue weighted by atomic mass is 32.1. The maximum Gasteiger partial charge on any atom is 0.271 e. The molecule has 2 aromatic rings. The Morgan fingerprint density at radius 3 is 2.95 bits per heavy atom. The SMILES string of the molecule is Cc1nn(C)cc1C(C)NC(=O)c1csc(CCN)n1. The van der Waals surface area contributed by atoms with Gasteiger partial charge in [0.25, 0.3) is 5.91 Å². The van der Waals surface area contributed by atoms with E-state index in [0.717, 1.165) is 16.3 Å². The van der Waals surface area contributed by atoms with Crippen molar-refractivity contribution in [2.24, 2.45) is 12.8 Å². The van der Waals surface area contributed by atoms with Crippen molar-refractivity contribution < 1.29 is 4.79 Å². The third-order valence-corrected chi connectivity index (χ3v) is 3.92. The van der Waals surface area contributed by atoms with Gasteiger partial charge in [-0.05, 0) is 20.4 Å². The van der Waals surface area contributed by atoms with Crippen molar-refractivity contribution in [3.05, 3.63) is 33.5 Å². The maximum atomic E-state index is 12.1. The van der Waals surface area contributed by atoms with Crippen LogP contribution in [0.2, 0.25) is 0 Å². The van der Waals surface area contributed by atoms with Crippen molar-refractivity contribution in [2.75, 3.05) is 6.54 Å². The molecular weight excluding hydrogens is 274 g/mol. The number of nitrogens with two attached hydrogens (primary N) is 1. The van der Waals surface area contributed by atoms with Crippen molar-refractivity contribution >= 4 is 17.2 Å². The van der Waals surface area contributed by atoms with Gasteiger partial charge in [-0.1, -0.05) is 0 Å². The summed E-state index contributed by atoms with van der Waals surface area (Å²) in [6, 6.07) is -0.101. The van der Waals surface area contributed by atoms with Crippen LogP contribution in [0.3, 0.4) is 0 Å². The average Bonchev–Trinajstić information content (AvgIpc) is 2.96. The molecule has 0 spiro atoms. The molecular formula is C13H19N5OS. The van der Waals surface area contributed by atoms with Crippen LogP contribution in [0.15, 0.2) is 11.6 Å². The molecule has 3 N–H and O–H groups in total. The van der Waals surface area contributed by atoms with Crippen LogP contribution in [0.4, 0.5) is 0 Å². The predicted octanol–water partition coefficient (Wildman–Crippen LogP) is 1.18. The molecule has 1 amide bonds. The molecule has 0 aliphatic rings. The van der Waals surface area contributed by atoms with Gasteiger partial charge in [-0.3, -0.25) is 9.48 Å². The summed E-state index contributed by atoms with van der Waals surface area (Å²) in [6.45, 7) is 4.41. The topological polar surface area (TPSA) is 85.8 Å². The van der Waals surface area contributed by atoms with Crippen LogP contribution in [-0.4, -0.2) is 27.2 Å². The van der Waals surface area contributed by atoms with Gasteiger partial charge in [-0.25, -0.2) is 4.98 Å². The highest BCUT2D eigenvalue weighted by Gasteiger charge is 2.17. The molecule has 2 heterocycles. The highest BCUT2D eigenvalue weighted by Crippen LogP contribution is 2.17. The first kappa shape index (κ1) is 14.7. The highest BCUT2D eigenvalue weighted by molar-refractivity contribution is 7.09. The van der Waals surface area contributed by atoms with Crippen LogP contribution < -0.4 is 11.1 Å². The van der Waals surface area contributed by atoms with Gasteiger partial charge < -0.3 is 11.1 Å². The third kappa shape index (κ3) is 3.23. The minimum atomic E-state index is -0.166. The van der Waals surface area contributed by atoms with Gasteiger partial charge in [-0.15, -0.1) is 11.3 Å². The number of amides is 1. The summed E-state index contributed by atoms with van der Waals surface area (Å²) in [6.07, 6.45) is 2.62. The summed E-state index contributed by atoms with van der Waals surface area (Å²) in [5, 5.41) is 9.88. The maximum absolute atomic E-state index is 12.1. The Balaban J connectivity index is 2.05. The summed E-state index contributed by atoms with van der Waals surface area (Å²) in [5.74, 6) is -0.166. The van der Waals surface area contributed by atoms with Crippen molar-refractivity contribution in [3.63, 3.8) is 0 Å². The first-order valence-corrected chi connectivity index (χ1v) is 7.34. The standard InChI is InChI=1S/C13H19N5OS/c1-8(10-6-18(3)17-9(10)2)15-13(19)11-7-20-12(16-11)4-5-14/h6-8H,4-5,14H2,1-3H3,(H,15,19). The van der Waals surface area contributed by atoms with E-state index in [4.69, 9.17) is 5.73 Å². The second-order valence-corrected chi connectivity index (χ2v) is 5.65. The van der Waals surface area contributed by atoms with E-state index in [9.17, 15) is 4.79 Å². The fourth-order valence-electron chi connectivity index (χ4n) is 2.04. The van der Waals surface area contributed by atoms with Gasteiger partial charge in [0.2, 0.25) is 0 Å². The molecule has 2 rings (SSSR count). The van der Waals surface area contributed by atoms with Crippen LogP contribution in [0.1, 0.15) is 39.7 Å². The lowest BCUT2D eigenvalue weighted by atomic mass is 10.1. The first-order chi connectivity index (χ1) is 9.51. The summed E-state index contributed by atoms with van der Waals surface area (Å²) < 4.78 is 1.75. The number of carbonyl (C=O) groups is 1. The molecule has 1 unspecified atom stereocenters. The number of nitrogens with zero attached hydrogens (tertiary/aromatic N) is 3. The van der Waals surface area contributed by atoms with E-state index < -0.39 is 0 Å². The van der Waals surface area contributed by atoms with E-state index in [1.165, 1.54) is 11.3 Å². The summed E-state index contributed by atoms with van der Waals surface area (Å²) >= 11 is 1.46. The van der Waals surface area contributed by atoms with Crippen molar-refractivity contribution in [1.29, 1.82) is 0 Å². The summed E-state index contributed by atoms with van der Waals surface area (Å²) in [7, 11) is 1.87. The Hall–Kier alpha value is -1.73. The van der Waals surface area contributed by atoms with Crippen LogP contribution in [0.5, 0.6) is 0 Å². The molecule has 108 valence electrons. The van der Waals surface area contributed by atoms with E-state index in [1.807, 2.05) is 27.1 Å². The predicted molar refractivity (Wildman–Crippen MR) is 78.7 cm³/mol. The first-order valence-electron chi connectivity index (χ1n) is 6.46. The Labute approximate surface area is 122 Å². The number of hydrogen-bond donors (Lipinski definition) is 2. The van der Waals surface area contributed by atoms with Crippen LogP contribution >= 0.6 is 11.3 Å². The Kier molecular flexibility index (Phi) is 4.51. The van der Waals surface area contributed by atoms with Crippen molar-refractivity contribution in [1.82, 2.24) is 20.1 Å². The number of aryl methyl sites for hydroxylation is 2. The molecule has 0 saturated carbocycles. The second-order valence-electron chi connectivity index (χ2n) is 4.70. The van der Waals surface area contributed by atoms with Gasteiger partial charge in [0.05, 0.1) is 16.7 Å². The van der Waals surface area contributed by atoms with Gasteiger partial charge in [0.15, 0.2) is 0 Å². The van der Waals surface area contributed by atoms with E-state index >= 15 is 0 Å². The molecule has 0 bridgehead atoms. The second kappa shape index (κ2) is 6.15. The molecule has 0 saturated heterocycles. The van der Waals surface area contributed by atoms with Gasteiger partial charge in [0.1, 0.15) is 5.69 Å². The number of nitrogens with one attached hydrogen (secondary N) is 1. The Morgan fingerprint density at radius 2 is 2.35 bits per heavy atom. The van der Waals surface area contributed by atoms with Gasteiger partial charge >= 0.3 is 0 Å². The zero-order valence-electron chi connectivity index (χ0n) is 11.9. The summed E-state index contributed by atoms with van der Waals surface area (Å²) in [4.78, 5) is 16.4. The molecule has 0 aliphatic carbocycles. The Bertz CT molecular complexity index is 604. The third-order valence-electron chi connectivity index (χ3n) is 3.01. The zero-order chi connectivity index (χ0) is 14.7.